The molecule has 1 aromatic carbocycles. The van der Waals surface area contributed by atoms with E-state index in [1.165, 1.54) is 7.05 Å². The van der Waals surface area contributed by atoms with Gasteiger partial charge >= 0.3 is 0 Å². The fourth-order valence-corrected chi connectivity index (χ4v) is 0.827. The molecule has 2 heteroatoms. The molecule has 0 aliphatic rings. The molecule has 0 atom stereocenters. The van der Waals surface area contributed by atoms with Crippen molar-refractivity contribution < 1.29 is 0 Å². The Kier molecular flexibility index (Phi) is 4.30. The lowest BCUT2D eigenvalue weighted by atomic mass is 10.1. The molecular formula is C9H16N2. The third-order valence-corrected chi connectivity index (χ3v) is 1.54. The Morgan fingerprint density at radius 2 is 1.36 bits per heavy atom. The topological polar surface area (TPSA) is 52.0 Å². The van der Waals surface area contributed by atoms with Crippen LogP contribution in [0.25, 0.3) is 0 Å². The number of benzene rings is 1. The summed E-state index contributed by atoms with van der Waals surface area (Å²) in [6.45, 7) is 4.03. The van der Waals surface area contributed by atoms with Crippen molar-refractivity contribution >= 4 is 5.69 Å². The number of hydrogen-bond acceptors (Lipinski definition) is 2. The van der Waals surface area contributed by atoms with Gasteiger partial charge in [0.25, 0.3) is 0 Å². The van der Waals surface area contributed by atoms with Crippen LogP contribution in [0.2, 0.25) is 0 Å². The molecule has 0 fully saturated rings. The van der Waals surface area contributed by atoms with Crippen LogP contribution in [0.4, 0.5) is 5.69 Å². The Labute approximate surface area is 68.2 Å². The average Bonchev–Trinajstić information content (AvgIpc) is 2.04. The predicted molar refractivity (Wildman–Crippen MR) is 50.4 cm³/mol. The van der Waals surface area contributed by atoms with Crippen LogP contribution < -0.4 is 11.5 Å². The minimum absolute atomic E-state index is 0.914. The molecule has 4 N–H and O–H groups in total. The molecule has 0 aliphatic heterocycles. The molecule has 0 saturated heterocycles. The second-order valence-electron chi connectivity index (χ2n) is 2.31. The number of para-hydroxylation sites is 1. The van der Waals surface area contributed by atoms with Crippen LogP contribution in [0.15, 0.2) is 18.2 Å². The van der Waals surface area contributed by atoms with Gasteiger partial charge in [-0.25, -0.2) is 0 Å². The zero-order chi connectivity index (χ0) is 8.85. The smallest absolute Gasteiger partial charge is 0.0373 e. The third kappa shape index (κ3) is 2.60. The van der Waals surface area contributed by atoms with Crippen molar-refractivity contribution in [2.24, 2.45) is 5.73 Å². The molecule has 1 rings (SSSR count). The van der Waals surface area contributed by atoms with Gasteiger partial charge in [-0.05, 0) is 32.0 Å². The lowest BCUT2D eigenvalue weighted by Crippen LogP contribution is -1.91. The van der Waals surface area contributed by atoms with E-state index >= 15 is 0 Å². The maximum absolute atomic E-state index is 5.68. The average molecular weight is 152 g/mol. The van der Waals surface area contributed by atoms with E-state index in [1.807, 2.05) is 32.0 Å². The summed E-state index contributed by atoms with van der Waals surface area (Å²) < 4.78 is 0. The lowest BCUT2D eigenvalue weighted by molar-refractivity contribution is 1.39. The lowest BCUT2D eigenvalue weighted by Gasteiger charge is -2.00. The van der Waals surface area contributed by atoms with Gasteiger partial charge in [0.2, 0.25) is 0 Å². The second-order valence-corrected chi connectivity index (χ2v) is 2.31. The van der Waals surface area contributed by atoms with Crippen LogP contribution in [0.1, 0.15) is 11.1 Å². The van der Waals surface area contributed by atoms with Crippen molar-refractivity contribution in [2.75, 3.05) is 12.8 Å². The molecule has 62 valence electrons. The number of hydrogen-bond donors (Lipinski definition) is 2. The first kappa shape index (κ1) is 9.98. The second kappa shape index (κ2) is 4.74. The van der Waals surface area contributed by atoms with Gasteiger partial charge < -0.3 is 11.5 Å². The van der Waals surface area contributed by atoms with Crippen LogP contribution >= 0.6 is 0 Å². The standard InChI is InChI=1S/C8H11N.CH5N/c1-6-4-3-5-7(2)8(6)9;1-2/h3-5H,9H2,1-2H3;2H2,1H3. The van der Waals surface area contributed by atoms with Gasteiger partial charge in [-0.1, -0.05) is 18.2 Å². The normalized spacial score (nSPS) is 8.36. The van der Waals surface area contributed by atoms with Crippen LogP contribution in [-0.4, -0.2) is 7.05 Å². The van der Waals surface area contributed by atoms with Gasteiger partial charge in [-0.2, -0.15) is 0 Å². The van der Waals surface area contributed by atoms with Gasteiger partial charge in [-0.3, -0.25) is 0 Å². The Bertz CT molecular complexity index is 199. The van der Waals surface area contributed by atoms with Gasteiger partial charge in [0.1, 0.15) is 0 Å². The summed E-state index contributed by atoms with van der Waals surface area (Å²) in [7, 11) is 1.50. The van der Waals surface area contributed by atoms with Gasteiger partial charge in [0.05, 0.1) is 0 Å². The maximum Gasteiger partial charge on any atom is 0.0373 e. The molecule has 0 saturated carbocycles. The fraction of sp³-hybridized carbons (Fsp3) is 0.333. The van der Waals surface area contributed by atoms with Crippen LogP contribution in [0.3, 0.4) is 0 Å². The quantitative estimate of drug-likeness (QED) is 0.553. The van der Waals surface area contributed by atoms with Crippen molar-refractivity contribution in [3.05, 3.63) is 29.3 Å². The summed E-state index contributed by atoms with van der Waals surface area (Å²) >= 11 is 0. The first-order valence-electron chi connectivity index (χ1n) is 3.61. The van der Waals surface area contributed by atoms with E-state index in [0.717, 1.165) is 16.8 Å². The molecule has 1 aromatic rings. The van der Waals surface area contributed by atoms with Crippen molar-refractivity contribution in [3.8, 4) is 0 Å². The van der Waals surface area contributed by atoms with E-state index in [-0.39, 0.29) is 0 Å². The molecule has 0 spiro atoms. The molecule has 0 unspecified atom stereocenters. The van der Waals surface area contributed by atoms with Gasteiger partial charge in [-0.15, -0.1) is 0 Å². The van der Waals surface area contributed by atoms with Crippen LogP contribution in [-0.2, 0) is 0 Å². The van der Waals surface area contributed by atoms with E-state index < -0.39 is 0 Å². The molecule has 0 heterocycles. The summed E-state index contributed by atoms with van der Waals surface area (Å²) in [4.78, 5) is 0. The highest BCUT2D eigenvalue weighted by Crippen LogP contribution is 2.13. The third-order valence-electron chi connectivity index (χ3n) is 1.54. The summed E-state index contributed by atoms with van der Waals surface area (Å²) in [5.41, 5.74) is 13.4. The first-order chi connectivity index (χ1) is 5.22. The molecule has 2 nitrogen and oxygen atoms in total. The van der Waals surface area contributed by atoms with Gasteiger partial charge in [0, 0.05) is 5.69 Å². The molecule has 0 bridgehead atoms. The maximum atomic E-state index is 5.68. The minimum atomic E-state index is 0.914. The van der Waals surface area contributed by atoms with Crippen LogP contribution in [0, 0.1) is 13.8 Å². The molecular weight excluding hydrogens is 136 g/mol. The monoisotopic (exact) mass is 152 g/mol. The van der Waals surface area contributed by atoms with Crippen molar-refractivity contribution in [1.82, 2.24) is 0 Å². The predicted octanol–water partition coefficient (Wildman–Crippen LogP) is 1.46. The highest BCUT2D eigenvalue weighted by Gasteiger charge is 1.92. The van der Waals surface area contributed by atoms with Crippen molar-refractivity contribution in [3.63, 3.8) is 0 Å². The number of aryl methyl sites for hydroxylation is 2. The molecule has 11 heavy (non-hydrogen) atoms. The molecule has 0 amide bonds. The summed E-state index contributed by atoms with van der Waals surface area (Å²) in [5, 5.41) is 0. The summed E-state index contributed by atoms with van der Waals surface area (Å²) in [5.74, 6) is 0. The van der Waals surface area contributed by atoms with E-state index in [4.69, 9.17) is 5.73 Å². The number of nitrogens with two attached hydrogens (primary N) is 2. The molecule has 0 aromatic heterocycles. The Balaban J connectivity index is 0.000000461. The van der Waals surface area contributed by atoms with E-state index in [1.54, 1.807) is 0 Å². The zero-order valence-electron chi connectivity index (χ0n) is 7.39. The van der Waals surface area contributed by atoms with Crippen LogP contribution in [0.5, 0.6) is 0 Å². The Morgan fingerprint density at radius 1 is 1.00 bits per heavy atom. The SMILES string of the molecule is CN.Cc1cccc(C)c1N. The van der Waals surface area contributed by atoms with E-state index in [9.17, 15) is 0 Å². The Morgan fingerprint density at radius 3 is 1.64 bits per heavy atom. The van der Waals surface area contributed by atoms with Crippen molar-refractivity contribution in [1.29, 1.82) is 0 Å². The largest absolute Gasteiger partial charge is 0.398 e. The first-order valence-corrected chi connectivity index (χ1v) is 3.61. The van der Waals surface area contributed by atoms with Crippen molar-refractivity contribution in [2.45, 2.75) is 13.8 Å². The summed E-state index contributed by atoms with van der Waals surface area (Å²) in [6.07, 6.45) is 0. The van der Waals surface area contributed by atoms with Gasteiger partial charge in [0.15, 0.2) is 0 Å². The number of anilines is 1. The highest BCUT2D eigenvalue weighted by atomic mass is 14.6. The minimum Gasteiger partial charge on any atom is -0.398 e. The summed E-state index contributed by atoms with van der Waals surface area (Å²) in [6, 6.07) is 6.05. The fourth-order valence-electron chi connectivity index (χ4n) is 0.827. The van der Waals surface area contributed by atoms with E-state index in [2.05, 4.69) is 5.73 Å². The number of rotatable bonds is 0. The highest BCUT2D eigenvalue weighted by molar-refractivity contribution is 5.52. The van der Waals surface area contributed by atoms with E-state index in [0.29, 0.717) is 0 Å². The zero-order valence-corrected chi connectivity index (χ0v) is 7.39. The Hall–Kier alpha value is -1.02. The molecule has 0 radical (unpaired) electrons. The number of nitrogen functional groups attached to an aromatic ring is 1. The molecule has 0 aliphatic carbocycles.